The number of aromatic nitrogens is 2. The molecule has 1 saturated heterocycles. The molecule has 0 spiro atoms. The SMILES string of the molecule is Cc1ccc(-c2noc(COC(=O)[C@H](C)N3C(=O)[C@H]4CC=CC[C@@H]4C3=O)n2)cc1. The van der Waals surface area contributed by atoms with Gasteiger partial charge < -0.3 is 9.26 Å². The number of amides is 2. The average molecular weight is 395 g/mol. The Labute approximate surface area is 167 Å². The van der Waals surface area contributed by atoms with Crippen LogP contribution in [0.15, 0.2) is 40.9 Å². The van der Waals surface area contributed by atoms with Crippen molar-refractivity contribution >= 4 is 17.8 Å². The molecule has 0 saturated carbocycles. The number of allylic oxidation sites excluding steroid dienone is 2. The molecule has 1 fully saturated rings. The summed E-state index contributed by atoms with van der Waals surface area (Å²) < 4.78 is 10.4. The molecule has 0 bridgehead atoms. The van der Waals surface area contributed by atoms with Gasteiger partial charge in [0.2, 0.25) is 17.6 Å². The second kappa shape index (κ2) is 7.62. The number of fused-ring (bicyclic) bond motifs is 1. The van der Waals surface area contributed by atoms with Gasteiger partial charge in [0.1, 0.15) is 6.04 Å². The molecule has 1 aromatic carbocycles. The van der Waals surface area contributed by atoms with Crippen molar-refractivity contribution in [2.45, 2.75) is 39.3 Å². The summed E-state index contributed by atoms with van der Waals surface area (Å²) in [5.74, 6) is -1.54. The number of hydrogen-bond acceptors (Lipinski definition) is 7. The monoisotopic (exact) mass is 395 g/mol. The fraction of sp³-hybridized carbons (Fsp3) is 0.381. The molecule has 3 atom stereocenters. The summed E-state index contributed by atoms with van der Waals surface area (Å²) in [6, 6.07) is 6.61. The van der Waals surface area contributed by atoms with Gasteiger partial charge in [-0.15, -0.1) is 0 Å². The number of likely N-dealkylation sites (tertiary alicyclic amines) is 1. The van der Waals surface area contributed by atoms with Crippen LogP contribution in [0, 0.1) is 18.8 Å². The minimum atomic E-state index is -1.000. The summed E-state index contributed by atoms with van der Waals surface area (Å²) in [7, 11) is 0. The molecular weight excluding hydrogens is 374 g/mol. The zero-order chi connectivity index (χ0) is 20.5. The van der Waals surface area contributed by atoms with E-state index in [0.29, 0.717) is 18.7 Å². The van der Waals surface area contributed by atoms with E-state index in [2.05, 4.69) is 10.1 Å². The summed E-state index contributed by atoms with van der Waals surface area (Å²) in [5.41, 5.74) is 1.90. The van der Waals surface area contributed by atoms with Crippen molar-refractivity contribution in [3.63, 3.8) is 0 Å². The van der Waals surface area contributed by atoms with Crippen LogP contribution >= 0.6 is 0 Å². The first-order valence-electron chi connectivity index (χ1n) is 9.54. The van der Waals surface area contributed by atoms with Gasteiger partial charge in [-0.2, -0.15) is 4.98 Å². The van der Waals surface area contributed by atoms with Crippen LogP contribution in [0.5, 0.6) is 0 Å². The maximum Gasteiger partial charge on any atom is 0.329 e. The number of aryl methyl sites for hydroxylation is 1. The van der Waals surface area contributed by atoms with E-state index < -0.39 is 12.0 Å². The second-order valence-electron chi connectivity index (χ2n) is 7.36. The van der Waals surface area contributed by atoms with E-state index in [0.717, 1.165) is 16.0 Å². The Morgan fingerprint density at radius 2 is 1.79 bits per heavy atom. The first-order valence-corrected chi connectivity index (χ1v) is 9.54. The van der Waals surface area contributed by atoms with Gasteiger partial charge in [0, 0.05) is 5.56 Å². The van der Waals surface area contributed by atoms with Crippen LogP contribution in [-0.4, -0.2) is 38.9 Å². The predicted molar refractivity (Wildman–Crippen MR) is 101 cm³/mol. The van der Waals surface area contributed by atoms with Crippen molar-refractivity contribution in [1.82, 2.24) is 15.0 Å². The minimum Gasteiger partial charge on any atom is -0.454 e. The number of imide groups is 1. The average Bonchev–Trinajstić information content (AvgIpc) is 3.30. The number of carbonyl (C=O) groups is 3. The van der Waals surface area contributed by atoms with Gasteiger partial charge in [-0.1, -0.05) is 47.1 Å². The van der Waals surface area contributed by atoms with Gasteiger partial charge in [-0.05, 0) is 26.7 Å². The predicted octanol–water partition coefficient (Wildman–Crippen LogP) is 2.43. The van der Waals surface area contributed by atoms with E-state index in [-0.39, 0.29) is 36.1 Å². The van der Waals surface area contributed by atoms with Crippen molar-refractivity contribution in [3.05, 3.63) is 47.9 Å². The van der Waals surface area contributed by atoms with Gasteiger partial charge in [0.15, 0.2) is 6.61 Å². The molecule has 0 N–H and O–H groups in total. The second-order valence-corrected chi connectivity index (χ2v) is 7.36. The van der Waals surface area contributed by atoms with Crippen molar-refractivity contribution in [2.75, 3.05) is 0 Å². The van der Waals surface area contributed by atoms with Crippen LogP contribution in [0.1, 0.15) is 31.2 Å². The Morgan fingerprint density at radius 1 is 1.17 bits per heavy atom. The lowest BCUT2D eigenvalue weighted by Crippen LogP contribution is -2.44. The first-order chi connectivity index (χ1) is 14.0. The fourth-order valence-corrected chi connectivity index (χ4v) is 3.70. The van der Waals surface area contributed by atoms with Crippen LogP contribution in [0.2, 0.25) is 0 Å². The molecule has 150 valence electrons. The molecule has 1 aliphatic heterocycles. The molecule has 1 aromatic heterocycles. The summed E-state index contributed by atoms with van der Waals surface area (Å²) in [6.07, 6.45) is 4.86. The fourth-order valence-electron chi connectivity index (χ4n) is 3.70. The summed E-state index contributed by atoms with van der Waals surface area (Å²) >= 11 is 0. The zero-order valence-corrected chi connectivity index (χ0v) is 16.2. The molecule has 8 nitrogen and oxygen atoms in total. The van der Waals surface area contributed by atoms with Gasteiger partial charge in [0.25, 0.3) is 5.89 Å². The van der Waals surface area contributed by atoms with Crippen molar-refractivity contribution < 1.29 is 23.6 Å². The minimum absolute atomic E-state index is 0.137. The number of nitrogens with zero attached hydrogens (tertiary/aromatic N) is 3. The molecule has 2 aliphatic rings. The maximum atomic E-state index is 12.6. The Hall–Kier alpha value is -3.29. The van der Waals surface area contributed by atoms with E-state index in [1.54, 1.807) is 0 Å². The number of benzene rings is 1. The number of hydrogen-bond donors (Lipinski definition) is 0. The highest BCUT2D eigenvalue weighted by molar-refractivity contribution is 6.08. The van der Waals surface area contributed by atoms with Crippen molar-refractivity contribution in [3.8, 4) is 11.4 Å². The van der Waals surface area contributed by atoms with E-state index in [9.17, 15) is 14.4 Å². The summed E-state index contributed by atoms with van der Waals surface area (Å²) in [5, 5.41) is 3.89. The molecule has 2 heterocycles. The summed E-state index contributed by atoms with van der Waals surface area (Å²) in [4.78, 5) is 42.8. The molecule has 0 unspecified atom stereocenters. The maximum absolute atomic E-state index is 12.6. The third-order valence-corrected chi connectivity index (χ3v) is 5.39. The molecule has 29 heavy (non-hydrogen) atoms. The lowest BCUT2D eigenvalue weighted by molar-refractivity contribution is -0.159. The smallest absolute Gasteiger partial charge is 0.329 e. The molecule has 2 amide bonds. The normalized spacial score (nSPS) is 21.9. The Balaban J connectivity index is 1.38. The highest BCUT2D eigenvalue weighted by Crippen LogP contribution is 2.36. The molecule has 8 heteroatoms. The van der Waals surface area contributed by atoms with E-state index in [1.807, 2.05) is 43.3 Å². The van der Waals surface area contributed by atoms with E-state index in [1.165, 1.54) is 6.92 Å². The van der Waals surface area contributed by atoms with Crippen LogP contribution in [0.4, 0.5) is 0 Å². The van der Waals surface area contributed by atoms with Crippen LogP contribution < -0.4 is 0 Å². The number of esters is 1. The molecule has 2 aromatic rings. The van der Waals surface area contributed by atoms with Gasteiger partial charge in [0.05, 0.1) is 11.8 Å². The van der Waals surface area contributed by atoms with E-state index in [4.69, 9.17) is 9.26 Å². The number of rotatable bonds is 5. The highest BCUT2D eigenvalue weighted by Gasteiger charge is 2.50. The Kier molecular flexibility index (Phi) is 5.00. The quantitative estimate of drug-likeness (QED) is 0.435. The number of ether oxygens (including phenoxy) is 1. The number of carbonyl (C=O) groups excluding carboxylic acids is 3. The third-order valence-electron chi connectivity index (χ3n) is 5.39. The first kappa shape index (κ1) is 19.0. The molecule has 0 radical (unpaired) electrons. The van der Waals surface area contributed by atoms with Crippen molar-refractivity contribution in [1.29, 1.82) is 0 Å². The molecule has 4 rings (SSSR count). The van der Waals surface area contributed by atoms with Crippen molar-refractivity contribution in [2.24, 2.45) is 11.8 Å². The Bertz CT molecular complexity index is 952. The lowest BCUT2D eigenvalue weighted by atomic mass is 9.85. The molecule has 1 aliphatic carbocycles. The summed E-state index contributed by atoms with van der Waals surface area (Å²) in [6.45, 7) is 3.24. The van der Waals surface area contributed by atoms with Crippen LogP contribution in [-0.2, 0) is 25.7 Å². The van der Waals surface area contributed by atoms with Crippen LogP contribution in [0.25, 0.3) is 11.4 Å². The van der Waals surface area contributed by atoms with Crippen LogP contribution in [0.3, 0.4) is 0 Å². The van der Waals surface area contributed by atoms with E-state index >= 15 is 0 Å². The largest absolute Gasteiger partial charge is 0.454 e. The topological polar surface area (TPSA) is 103 Å². The zero-order valence-electron chi connectivity index (χ0n) is 16.2. The van der Waals surface area contributed by atoms with Gasteiger partial charge in [-0.25, -0.2) is 4.79 Å². The Morgan fingerprint density at radius 3 is 2.41 bits per heavy atom. The standard InChI is InChI=1S/C21H21N3O5/c1-12-7-9-14(10-8-12)18-22-17(29-23-18)11-28-21(27)13(2)24-19(25)15-5-3-4-6-16(15)20(24)26/h3-4,7-10,13,15-16H,5-6,11H2,1-2H3/t13-,15-,16-/m0/s1. The third kappa shape index (κ3) is 3.57. The molecular formula is C21H21N3O5. The van der Waals surface area contributed by atoms with Gasteiger partial charge >= 0.3 is 5.97 Å². The highest BCUT2D eigenvalue weighted by atomic mass is 16.6. The lowest BCUT2D eigenvalue weighted by Gasteiger charge is -2.21. The van der Waals surface area contributed by atoms with Gasteiger partial charge in [-0.3, -0.25) is 14.5 Å².